The van der Waals surface area contributed by atoms with E-state index in [9.17, 15) is 10.1 Å². The van der Waals surface area contributed by atoms with Crippen molar-refractivity contribution >= 4 is 23.1 Å². The number of benzene rings is 2. The van der Waals surface area contributed by atoms with Crippen LogP contribution in [0.25, 0.3) is 0 Å². The number of nitrogens with two attached hydrogens (primary N) is 1. The number of hydrogen-bond donors (Lipinski definition) is 1. The summed E-state index contributed by atoms with van der Waals surface area (Å²) in [7, 11) is 0. The molecular formula is C15H16N2O2S. The normalized spacial score (nSPS) is 10.4. The van der Waals surface area contributed by atoms with Crippen molar-refractivity contribution in [3.8, 4) is 0 Å². The van der Waals surface area contributed by atoms with E-state index in [1.165, 1.54) is 0 Å². The number of nitrogens with zero attached hydrogens (tertiary/aromatic N) is 1. The lowest BCUT2D eigenvalue weighted by Crippen LogP contribution is -1.94. The number of hydrogen-bond acceptors (Lipinski definition) is 4. The molecule has 104 valence electrons. The summed E-state index contributed by atoms with van der Waals surface area (Å²) in [5.41, 5.74) is 9.16. The van der Waals surface area contributed by atoms with Gasteiger partial charge >= 0.3 is 0 Å². The molecule has 0 unspecified atom stereocenters. The van der Waals surface area contributed by atoms with Crippen LogP contribution in [-0.2, 0) is 6.42 Å². The molecule has 2 N–H and O–H groups in total. The standard InChI is InChI=1S/C15H16N2O2S/c1-11-3-2-4-14(15(11)16)20-10-9-12-5-7-13(8-6-12)17(18)19/h2-8H,9-10,16H2,1H3. The molecule has 0 saturated heterocycles. The van der Waals surface area contributed by atoms with Crippen LogP contribution in [-0.4, -0.2) is 10.7 Å². The third-order valence-corrected chi connectivity index (χ3v) is 4.15. The Morgan fingerprint density at radius 2 is 1.90 bits per heavy atom. The summed E-state index contributed by atoms with van der Waals surface area (Å²) in [6.07, 6.45) is 0.857. The maximum absolute atomic E-state index is 10.6. The Morgan fingerprint density at radius 3 is 2.55 bits per heavy atom. The first-order valence-electron chi connectivity index (χ1n) is 6.29. The number of thioether (sulfide) groups is 1. The van der Waals surface area contributed by atoms with Gasteiger partial charge in [0.25, 0.3) is 5.69 Å². The number of nitro groups is 1. The van der Waals surface area contributed by atoms with Crippen LogP contribution in [0.3, 0.4) is 0 Å². The van der Waals surface area contributed by atoms with Gasteiger partial charge in [-0.15, -0.1) is 11.8 Å². The average Bonchev–Trinajstić information content (AvgIpc) is 2.44. The van der Waals surface area contributed by atoms with Crippen molar-refractivity contribution in [2.75, 3.05) is 11.5 Å². The first-order valence-corrected chi connectivity index (χ1v) is 7.27. The monoisotopic (exact) mass is 288 g/mol. The Morgan fingerprint density at radius 1 is 1.20 bits per heavy atom. The predicted molar refractivity (Wildman–Crippen MR) is 83.1 cm³/mol. The van der Waals surface area contributed by atoms with Gasteiger partial charge in [-0.05, 0) is 30.5 Å². The van der Waals surface area contributed by atoms with Crippen molar-refractivity contribution in [2.24, 2.45) is 0 Å². The second kappa shape index (κ2) is 6.43. The van der Waals surface area contributed by atoms with E-state index in [-0.39, 0.29) is 10.6 Å². The number of nitro benzene ring substituents is 1. The molecule has 4 nitrogen and oxygen atoms in total. The summed E-state index contributed by atoms with van der Waals surface area (Å²) < 4.78 is 0. The molecule has 0 radical (unpaired) electrons. The van der Waals surface area contributed by atoms with E-state index in [0.29, 0.717) is 0 Å². The molecule has 0 aromatic heterocycles. The fourth-order valence-electron chi connectivity index (χ4n) is 1.84. The van der Waals surface area contributed by atoms with Crippen molar-refractivity contribution in [1.29, 1.82) is 0 Å². The summed E-state index contributed by atoms with van der Waals surface area (Å²) in [5, 5.41) is 10.6. The van der Waals surface area contributed by atoms with Crippen LogP contribution in [0.5, 0.6) is 0 Å². The fourth-order valence-corrected chi connectivity index (χ4v) is 2.89. The first kappa shape index (κ1) is 14.4. The van der Waals surface area contributed by atoms with Gasteiger partial charge in [0.1, 0.15) is 0 Å². The van der Waals surface area contributed by atoms with E-state index in [1.807, 2.05) is 25.1 Å². The molecule has 2 rings (SSSR count). The van der Waals surface area contributed by atoms with E-state index >= 15 is 0 Å². The number of anilines is 1. The topological polar surface area (TPSA) is 69.2 Å². The van der Waals surface area contributed by atoms with Gasteiger partial charge in [-0.2, -0.15) is 0 Å². The molecule has 0 aliphatic heterocycles. The van der Waals surface area contributed by atoms with Crippen molar-refractivity contribution < 1.29 is 4.92 Å². The minimum absolute atomic E-state index is 0.129. The Kier molecular flexibility index (Phi) is 4.63. The molecule has 5 heteroatoms. The number of para-hydroxylation sites is 1. The molecule has 2 aromatic rings. The molecule has 2 aromatic carbocycles. The van der Waals surface area contributed by atoms with Gasteiger partial charge in [-0.25, -0.2) is 0 Å². The van der Waals surface area contributed by atoms with Gasteiger partial charge in [0.15, 0.2) is 0 Å². The summed E-state index contributed by atoms with van der Waals surface area (Å²) in [5.74, 6) is 0.894. The highest BCUT2D eigenvalue weighted by Gasteiger charge is 2.05. The van der Waals surface area contributed by atoms with Gasteiger partial charge in [-0.3, -0.25) is 10.1 Å². The largest absolute Gasteiger partial charge is 0.398 e. The molecule has 0 fully saturated rings. The number of rotatable bonds is 5. The molecule has 0 bridgehead atoms. The van der Waals surface area contributed by atoms with E-state index in [2.05, 4.69) is 0 Å². The molecular weight excluding hydrogens is 272 g/mol. The highest BCUT2D eigenvalue weighted by molar-refractivity contribution is 7.99. The zero-order chi connectivity index (χ0) is 14.5. The van der Waals surface area contributed by atoms with Gasteiger partial charge < -0.3 is 5.73 Å². The van der Waals surface area contributed by atoms with Crippen LogP contribution in [0, 0.1) is 17.0 Å². The summed E-state index contributed by atoms with van der Waals surface area (Å²) in [6.45, 7) is 2.00. The summed E-state index contributed by atoms with van der Waals surface area (Å²) in [4.78, 5) is 11.3. The van der Waals surface area contributed by atoms with E-state index < -0.39 is 0 Å². The Labute approximate surface area is 122 Å². The van der Waals surface area contributed by atoms with Crippen LogP contribution in [0.2, 0.25) is 0 Å². The summed E-state index contributed by atoms with van der Waals surface area (Å²) >= 11 is 1.71. The predicted octanol–water partition coefficient (Wildman–Crippen LogP) is 3.82. The number of non-ortho nitro benzene ring substituents is 1. The Bertz CT molecular complexity index is 612. The minimum Gasteiger partial charge on any atom is -0.398 e. The number of aryl methyl sites for hydroxylation is 2. The smallest absolute Gasteiger partial charge is 0.269 e. The molecule has 0 spiro atoms. The average molecular weight is 288 g/mol. The van der Waals surface area contributed by atoms with Crippen LogP contribution in [0.15, 0.2) is 47.4 Å². The van der Waals surface area contributed by atoms with Crippen LogP contribution in [0.4, 0.5) is 11.4 Å². The van der Waals surface area contributed by atoms with Crippen LogP contribution in [0.1, 0.15) is 11.1 Å². The van der Waals surface area contributed by atoms with Gasteiger partial charge in [0, 0.05) is 28.5 Å². The number of nitrogen functional groups attached to an aromatic ring is 1. The van der Waals surface area contributed by atoms with Crippen molar-refractivity contribution in [2.45, 2.75) is 18.2 Å². The van der Waals surface area contributed by atoms with Crippen LogP contribution < -0.4 is 5.73 Å². The van der Waals surface area contributed by atoms with Gasteiger partial charge in [0.05, 0.1) is 4.92 Å². The maximum Gasteiger partial charge on any atom is 0.269 e. The zero-order valence-corrected chi connectivity index (χ0v) is 12.0. The lowest BCUT2D eigenvalue weighted by atomic mass is 10.1. The molecule has 0 atom stereocenters. The van der Waals surface area contributed by atoms with Gasteiger partial charge in [0.2, 0.25) is 0 Å². The fraction of sp³-hybridized carbons (Fsp3) is 0.200. The lowest BCUT2D eigenvalue weighted by Gasteiger charge is -2.07. The highest BCUT2D eigenvalue weighted by Crippen LogP contribution is 2.28. The van der Waals surface area contributed by atoms with E-state index in [0.717, 1.165) is 33.9 Å². The Hall–Kier alpha value is -2.01. The third-order valence-electron chi connectivity index (χ3n) is 3.08. The van der Waals surface area contributed by atoms with E-state index in [4.69, 9.17) is 5.73 Å². The second-order valence-corrected chi connectivity index (χ2v) is 5.65. The first-order chi connectivity index (χ1) is 9.58. The summed E-state index contributed by atoms with van der Waals surface area (Å²) in [6, 6.07) is 12.7. The molecule has 20 heavy (non-hydrogen) atoms. The second-order valence-electron chi connectivity index (χ2n) is 4.51. The Balaban J connectivity index is 1.92. The highest BCUT2D eigenvalue weighted by atomic mass is 32.2. The van der Waals surface area contributed by atoms with Crippen molar-refractivity contribution in [1.82, 2.24) is 0 Å². The quantitative estimate of drug-likeness (QED) is 0.393. The molecule has 0 saturated carbocycles. The molecule has 0 amide bonds. The molecule has 0 aliphatic rings. The minimum atomic E-state index is -0.383. The molecule has 0 heterocycles. The van der Waals surface area contributed by atoms with Crippen molar-refractivity contribution in [3.63, 3.8) is 0 Å². The molecule has 0 aliphatic carbocycles. The maximum atomic E-state index is 10.6. The SMILES string of the molecule is Cc1cccc(SCCc2ccc([N+](=O)[O-])cc2)c1N. The third kappa shape index (κ3) is 3.51. The lowest BCUT2D eigenvalue weighted by molar-refractivity contribution is -0.384. The van der Waals surface area contributed by atoms with Gasteiger partial charge in [-0.1, -0.05) is 24.3 Å². The van der Waals surface area contributed by atoms with E-state index in [1.54, 1.807) is 36.0 Å². The van der Waals surface area contributed by atoms with Crippen molar-refractivity contribution in [3.05, 3.63) is 63.7 Å². The van der Waals surface area contributed by atoms with Crippen LogP contribution >= 0.6 is 11.8 Å². The zero-order valence-electron chi connectivity index (χ0n) is 11.2.